The maximum Gasteiger partial charge on any atom is 0.0651 e. The van der Waals surface area contributed by atoms with Crippen molar-refractivity contribution in [3.63, 3.8) is 0 Å². The second-order valence-corrected chi connectivity index (χ2v) is 6.21. The lowest BCUT2D eigenvalue weighted by Gasteiger charge is -2.38. The molecule has 2 N–H and O–H groups in total. The van der Waals surface area contributed by atoms with Gasteiger partial charge < -0.3 is 10.2 Å². The molecule has 106 valence electrons. The van der Waals surface area contributed by atoms with Crippen molar-refractivity contribution in [3.05, 3.63) is 24.4 Å². The van der Waals surface area contributed by atoms with E-state index < -0.39 is 0 Å². The van der Waals surface area contributed by atoms with Crippen molar-refractivity contribution in [2.75, 3.05) is 24.5 Å². The number of benzene rings is 1. The molecular weight excluding hydrogens is 248 g/mol. The van der Waals surface area contributed by atoms with Crippen molar-refractivity contribution in [1.82, 2.24) is 15.5 Å². The van der Waals surface area contributed by atoms with Crippen molar-refractivity contribution in [2.24, 2.45) is 5.92 Å². The molecule has 0 amide bonds. The third-order valence-corrected chi connectivity index (χ3v) is 4.71. The maximum atomic E-state index is 4.12. The van der Waals surface area contributed by atoms with Crippen molar-refractivity contribution < 1.29 is 0 Å². The first-order valence-corrected chi connectivity index (χ1v) is 7.80. The van der Waals surface area contributed by atoms with Crippen molar-refractivity contribution in [1.29, 1.82) is 0 Å². The number of piperazine rings is 1. The van der Waals surface area contributed by atoms with Crippen LogP contribution in [0.3, 0.4) is 0 Å². The van der Waals surface area contributed by atoms with Crippen LogP contribution in [0.15, 0.2) is 24.4 Å². The minimum absolute atomic E-state index is 0.647. The Hall–Kier alpha value is -1.55. The Morgan fingerprint density at radius 2 is 2.20 bits per heavy atom. The fourth-order valence-electron chi connectivity index (χ4n) is 3.30. The van der Waals surface area contributed by atoms with Gasteiger partial charge in [0, 0.05) is 36.7 Å². The van der Waals surface area contributed by atoms with Gasteiger partial charge in [-0.1, -0.05) is 12.8 Å². The van der Waals surface area contributed by atoms with E-state index in [1.165, 1.54) is 36.8 Å². The normalized spacial score (nSPS) is 23.4. The summed E-state index contributed by atoms with van der Waals surface area (Å²) >= 11 is 0. The minimum Gasteiger partial charge on any atom is -0.366 e. The van der Waals surface area contributed by atoms with Gasteiger partial charge >= 0.3 is 0 Å². The van der Waals surface area contributed by atoms with E-state index in [-0.39, 0.29) is 0 Å². The fraction of sp³-hybridized carbons (Fsp3) is 0.562. The molecule has 4 rings (SSSR count). The Labute approximate surface area is 119 Å². The molecule has 0 spiro atoms. The summed E-state index contributed by atoms with van der Waals surface area (Å²) in [6.45, 7) is 3.32. The smallest absolute Gasteiger partial charge is 0.0651 e. The Morgan fingerprint density at radius 1 is 1.25 bits per heavy atom. The summed E-state index contributed by atoms with van der Waals surface area (Å²) < 4.78 is 0. The summed E-state index contributed by atoms with van der Waals surface area (Å²) in [6, 6.07) is 7.30. The molecule has 1 aromatic heterocycles. The molecule has 1 saturated heterocycles. The number of H-pyrrole nitrogens is 1. The number of aromatic nitrogens is 2. The summed E-state index contributed by atoms with van der Waals surface area (Å²) in [5.74, 6) is 1.02. The monoisotopic (exact) mass is 270 g/mol. The highest BCUT2D eigenvalue weighted by Crippen LogP contribution is 2.35. The maximum absolute atomic E-state index is 4.12. The molecule has 1 aliphatic heterocycles. The van der Waals surface area contributed by atoms with E-state index in [1.54, 1.807) is 0 Å². The highest BCUT2D eigenvalue weighted by Gasteiger charge is 2.27. The molecular formula is C16H22N4. The third-order valence-electron chi connectivity index (χ3n) is 4.71. The first-order chi connectivity index (χ1) is 9.90. The molecule has 0 radical (unpaired) electrons. The SMILES string of the molecule is c1cc2[nH]ncc2cc1N1CCNC[C@H]1CCC1CC1. The van der Waals surface area contributed by atoms with Crippen LogP contribution in [0.2, 0.25) is 0 Å². The van der Waals surface area contributed by atoms with Crippen LogP contribution in [-0.2, 0) is 0 Å². The molecule has 4 nitrogen and oxygen atoms in total. The van der Waals surface area contributed by atoms with Gasteiger partial charge in [-0.15, -0.1) is 0 Å². The van der Waals surface area contributed by atoms with Crippen LogP contribution in [0.5, 0.6) is 0 Å². The lowest BCUT2D eigenvalue weighted by Crippen LogP contribution is -2.51. The number of rotatable bonds is 4. The highest BCUT2D eigenvalue weighted by molar-refractivity contribution is 5.82. The molecule has 2 aliphatic rings. The predicted octanol–water partition coefficient (Wildman–Crippen LogP) is 2.53. The van der Waals surface area contributed by atoms with E-state index in [4.69, 9.17) is 0 Å². The van der Waals surface area contributed by atoms with Gasteiger partial charge in [0.2, 0.25) is 0 Å². The second-order valence-electron chi connectivity index (χ2n) is 6.21. The highest BCUT2D eigenvalue weighted by atomic mass is 15.2. The zero-order valence-electron chi connectivity index (χ0n) is 11.8. The lowest BCUT2D eigenvalue weighted by molar-refractivity contribution is 0.436. The number of anilines is 1. The van der Waals surface area contributed by atoms with E-state index in [9.17, 15) is 0 Å². The fourth-order valence-corrected chi connectivity index (χ4v) is 3.30. The van der Waals surface area contributed by atoms with Crippen molar-refractivity contribution in [3.8, 4) is 0 Å². The molecule has 1 aliphatic carbocycles. The van der Waals surface area contributed by atoms with Gasteiger partial charge in [-0.05, 0) is 37.0 Å². The number of aromatic amines is 1. The van der Waals surface area contributed by atoms with E-state index in [2.05, 4.69) is 38.6 Å². The largest absolute Gasteiger partial charge is 0.366 e. The molecule has 20 heavy (non-hydrogen) atoms. The zero-order valence-corrected chi connectivity index (χ0v) is 11.8. The molecule has 1 aromatic carbocycles. The molecule has 1 atom stereocenters. The van der Waals surface area contributed by atoms with Gasteiger partial charge in [0.05, 0.1) is 11.7 Å². The second kappa shape index (κ2) is 5.09. The van der Waals surface area contributed by atoms with Crippen molar-refractivity contribution >= 4 is 16.6 Å². The summed E-state index contributed by atoms with van der Waals surface area (Å²) in [7, 11) is 0. The third kappa shape index (κ3) is 2.40. The molecule has 1 saturated carbocycles. The zero-order chi connectivity index (χ0) is 13.4. The minimum atomic E-state index is 0.647. The molecule has 0 bridgehead atoms. The number of hydrogen-bond acceptors (Lipinski definition) is 3. The van der Waals surface area contributed by atoms with Gasteiger partial charge in [-0.25, -0.2) is 0 Å². The molecule has 2 fully saturated rings. The molecule has 4 heteroatoms. The Bertz CT molecular complexity index is 587. The number of nitrogens with zero attached hydrogens (tertiary/aromatic N) is 2. The Balaban J connectivity index is 1.55. The van der Waals surface area contributed by atoms with Gasteiger partial charge in [0.15, 0.2) is 0 Å². The van der Waals surface area contributed by atoms with Crippen LogP contribution in [0, 0.1) is 5.92 Å². The summed E-state index contributed by atoms with van der Waals surface area (Å²) in [6.07, 6.45) is 7.56. The first kappa shape index (κ1) is 12.2. The average molecular weight is 270 g/mol. The Kier molecular flexibility index (Phi) is 3.11. The Morgan fingerprint density at radius 3 is 3.10 bits per heavy atom. The van der Waals surface area contributed by atoms with Crippen LogP contribution in [0.4, 0.5) is 5.69 Å². The van der Waals surface area contributed by atoms with Gasteiger partial charge in [0.25, 0.3) is 0 Å². The van der Waals surface area contributed by atoms with Gasteiger partial charge in [-0.3, -0.25) is 5.10 Å². The van der Waals surface area contributed by atoms with Crippen molar-refractivity contribution in [2.45, 2.75) is 31.7 Å². The number of hydrogen-bond donors (Lipinski definition) is 2. The number of fused-ring (bicyclic) bond motifs is 1. The number of nitrogens with one attached hydrogen (secondary N) is 2. The quantitative estimate of drug-likeness (QED) is 0.897. The summed E-state index contributed by atoms with van der Waals surface area (Å²) in [4.78, 5) is 2.59. The van der Waals surface area contributed by atoms with E-state index in [0.29, 0.717) is 6.04 Å². The molecule has 0 unspecified atom stereocenters. The van der Waals surface area contributed by atoms with Crippen LogP contribution >= 0.6 is 0 Å². The summed E-state index contributed by atoms with van der Waals surface area (Å²) in [5, 5.41) is 11.9. The standard InChI is InChI=1S/C16H22N4/c1-2-12(1)3-4-15-11-17-7-8-20(15)14-5-6-16-13(9-14)10-18-19-16/h5-6,9-10,12,15,17H,1-4,7-8,11H2,(H,18,19)/t15-/m1/s1. The van der Waals surface area contributed by atoms with E-state index in [1.807, 2.05) is 6.20 Å². The van der Waals surface area contributed by atoms with Crippen LogP contribution < -0.4 is 10.2 Å². The van der Waals surface area contributed by atoms with Crippen LogP contribution in [0.1, 0.15) is 25.7 Å². The van der Waals surface area contributed by atoms with Gasteiger partial charge in [-0.2, -0.15) is 5.10 Å². The van der Waals surface area contributed by atoms with Crippen LogP contribution in [0.25, 0.3) is 10.9 Å². The topological polar surface area (TPSA) is 44.0 Å². The van der Waals surface area contributed by atoms with Gasteiger partial charge in [0.1, 0.15) is 0 Å². The van der Waals surface area contributed by atoms with E-state index in [0.717, 1.165) is 31.1 Å². The summed E-state index contributed by atoms with van der Waals surface area (Å²) in [5.41, 5.74) is 2.47. The average Bonchev–Trinajstić information content (AvgIpc) is 3.20. The predicted molar refractivity (Wildman–Crippen MR) is 82.1 cm³/mol. The van der Waals surface area contributed by atoms with Crippen LogP contribution in [-0.4, -0.2) is 35.9 Å². The van der Waals surface area contributed by atoms with E-state index >= 15 is 0 Å². The lowest BCUT2D eigenvalue weighted by atomic mass is 10.0. The molecule has 2 heterocycles. The first-order valence-electron chi connectivity index (χ1n) is 7.80. The molecule has 2 aromatic rings.